The van der Waals surface area contributed by atoms with Crippen LogP contribution in [0.15, 0.2) is 77.8 Å². The van der Waals surface area contributed by atoms with Gasteiger partial charge in [0.25, 0.3) is 5.91 Å². The molecule has 1 amide bonds. The minimum Gasteiger partial charge on any atom is -0.294 e. The number of unbranched alkanes of at least 4 members (excludes halogenated alkanes) is 1. The van der Waals surface area contributed by atoms with E-state index in [2.05, 4.69) is 49.4 Å². The fourth-order valence-electron chi connectivity index (χ4n) is 5.57. The molecule has 1 aliphatic carbocycles. The number of benzene rings is 3. The van der Waals surface area contributed by atoms with Crippen molar-refractivity contribution in [1.29, 1.82) is 0 Å². The summed E-state index contributed by atoms with van der Waals surface area (Å²) in [7, 11) is 0. The first-order valence-electron chi connectivity index (χ1n) is 13.2. The van der Waals surface area contributed by atoms with E-state index < -0.39 is 5.54 Å². The van der Waals surface area contributed by atoms with Crippen LogP contribution < -0.4 is 0 Å². The molecule has 0 saturated heterocycles. The predicted octanol–water partition coefficient (Wildman–Crippen LogP) is 7.47. The van der Waals surface area contributed by atoms with Crippen molar-refractivity contribution in [3.05, 3.63) is 83.9 Å². The summed E-state index contributed by atoms with van der Waals surface area (Å²) < 4.78 is 0. The molecule has 0 N–H and O–H groups in total. The summed E-state index contributed by atoms with van der Waals surface area (Å²) in [4.78, 5) is 32.8. The van der Waals surface area contributed by atoms with Crippen LogP contribution in [0.5, 0.6) is 0 Å². The van der Waals surface area contributed by atoms with E-state index >= 15 is 0 Å². The quantitative estimate of drug-likeness (QED) is 0.315. The summed E-state index contributed by atoms with van der Waals surface area (Å²) in [5.41, 5.74) is 5.43. The number of hydrogen-bond acceptors (Lipinski definition) is 3. The van der Waals surface area contributed by atoms with Crippen molar-refractivity contribution in [2.24, 2.45) is 4.99 Å². The molecule has 4 heteroatoms. The Labute approximate surface area is 214 Å². The number of hydrogen-bond donors (Lipinski definition) is 0. The van der Waals surface area contributed by atoms with Crippen LogP contribution in [0.3, 0.4) is 0 Å². The molecule has 5 rings (SSSR count). The Bertz CT molecular complexity index is 1290. The minimum absolute atomic E-state index is 0.0509. The van der Waals surface area contributed by atoms with Gasteiger partial charge in [0.15, 0.2) is 5.78 Å². The summed E-state index contributed by atoms with van der Waals surface area (Å²) in [6.45, 7) is 4.34. The molecule has 4 nitrogen and oxygen atoms in total. The zero-order valence-corrected chi connectivity index (χ0v) is 21.3. The van der Waals surface area contributed by atoms with Crippen LogP contribution in [0.25, 0.3) is 22.3 Å². The third-order valence-corrected chi connectivity index (χ3v) is 7.59. The highest BCUT2D eigenvalue weighted by atomic mass is 16.2. The van der Waals surface area contributed by atoms with Gasteiger partial charge in [-0.1, -0.05) is 92.9 Å². The first kappa shape index (κ1) is 24.2. The molecule has 3 aromatic carbocycles. The van der Waals surface area contributed by atoms with E-state index in [1.165, 1.54) is 0 Å². The number of carbonyl (C=O) groups is 2. The standard InChI is InChI=1S/C32H34N2O2/c1-3-4-12-30-33-32(19-8-9-20-32)31(36)34(30)22-24-13-15-26(16-14-24)29-21-27(17-18-28(29)23(2)35)25-10-6-5-7-11-25/h5-7,10-11,13-18,21H,3-4,8-9,12,19-20,22H2,1-2H3. The van der Waals surface area contributed by atoms with Crippen LogP contribution in [0.4, 0.5) is 0 Å². The Hall–Kier alpha value is -3.53. The first-order chi connectivity index (χ1) is 17.5. The number of ketones is 1. The van der Waals surface area contributed by atoms with Crippen LogP contribution in [-0.2, 0) is 11.3 Å². The molecule has 1 aliphatic heterocycles. The Morgan fingerprint density at radius 1 is 0.917 bits per heavy atom. The van der Waals surface area contributed by atoms with Crippen molar-refractivity contribution in [2.45, 2.75) is 70.9 Å². The van der Waals surface area contributed by atoms with Gasteiger partial charge in [-0.05, 0) is 60.1 Å². The lowest BCUT2D eigenvalue weighted by atomic mass is 9.92. The fraction of sp³-hybridized carbons (Fsp3) is 0.344. The average Bonchev–Trinajstić information content (AvgIpc) is 3.48. The molecule has 2 aliphatic rings. The lowest BCUT2D eigenvalue weighted by Crippen LogP contribution is -2.40. The highest BCUT2D eigenvalue weighted by molar-refractivity contribution is 6.08. The van der Waals surface area contributed by atoms with Crippen LogP contribution in [-0.4, -0.2) is 28.0 Å². The summed E-state index contributed by atoms with van der Waals surface area (Å²) in [6.07, 6.45) is 6.91. The average molecular weight is 479 g/mol. The second kappa shape index (κ2) is 10.2. The van der Waals surface area contributed by atoms with Crippen molar-refractivity contribution in [2.75, 3.05) is 0 Å². The molecule has 1 heterocycles. The first-order valence-corrected chi connectivity index (χ1v) is 13.2. The largest absolute Gasteiger partial charge is 0.294 e. The van der Waals surface area contributed by atoms with E-state index in [0.29, 0.717) is 12.1 Å². The lowest BCUT2D eigenvalue weighted by Gasteiger charge is -2.23. The minimum atomic E-state index is -0.503. The molecular formula is C32H34N2O2. The fourth-order valence-corrected chi connectivity index (χ4v) is 5.57. The van der Waals surface area contributed by atoms with E-state index in [-0.39, 0.29) is 11.7 Å². The predicted molar refractivity (Wildman–Crippen MR) is 146 cm³/mol. The van der Waals surface area contributed by atoms with Gasteiger partial charge in [-0.2, -0.15) is 0 Å². The number of aliphatic imine (C=N–C) groups is 1. The van der Waals surface area contributed by atoms with E-state index in [0.717, 1.165) is 78.6 Å². The zero-order chi connectivity index (χ0) is 25.1. The molecule has 184 valence electrons. The molecule has 0 unspecified atom stereocenters. The Morgan fingerprint density at radius 3 is 2.28 bits per heavy atom. The van der Waals surface area contributed by atoms with Gasteiger partial charge in [0.2, 0.25) is 0 Å². The zero-order valence-electron chi connectivity index (χ0n) is 21.3. The third-order valence-electron chi connectivity index (χ3n) is 7.59. The summed E-state index contributed by atoms with van der Waals surface area (Å²) >= 11 is 0. The molecule has 1 spiro atoms. The second-order valence-electron chi connectivity index (χ2n) is 10.1. The number of carbonyl (C=O) groups excluding carboxylic acids is 2. The third kappa shape index (κ3) is 4.65. The second-order valence-corrected chi connectivity index (χ2v) is 10.1. The van der Waals surface area contributed by atoms with E-state index in [1.807, 2.05) is 35.2 Å². The normalized spacial score (nSPS) is 16.6. The van der Waals surface area contributed by atoms with Gasteiger partial charge in [0, 0.05) is 12.0 Å². The van der Waals surface area contributed by atoms with E-state index in [4.69, 9.17) is 4.99 Å². The van der Waals surface area contributed by atoms with Crippen molar-refractivity contribution in [3.63, 3.8) is 0 Å². The Kier molecular flexibility index (Phi) is 6.86. The monoisotopic (exact) mass is 478 g/mol. The highest BCUT2D eigenvalue weighted by Crippen LogP contribution is 2.40. The number of rotatable bonds is 8. The topological polar surface area (TPSA) is 49.7 Å². The van der Waals surface area contributed by atoms with Gasteiger partial charge < -0.3 is 0 Å². The summed E-state index contributed by atoms with van der Waals surface area (Å²) in [5, 5.41) is 0. The van der Waals surface area contributed by atoms with E-state index in [1.54, 1.807) is 6.92 Å². The van der Waals surface area contributed by atoms with Crippen LogP contribution in [0, 0.1) is 0 Å². The molecule has 0 bridgehead atoms. The summed E-state index contributed by atoms with van der Waals surface area (Å²) in [6, 6.07) is 24.6. The SMILES string of the molecule is CCCCC1=NC2(CCCC2)C(=O)N1Cc1ccc(-c2cc(-c3ccccc3)ccc2C(C)=O)cc1. The van der Waals surface area contributed by atoms with Gasteiger partial charge in [-0.3, -0.25) is 19.5 Å². The van der Waals surface area contributed by atoms with Crippen LogP contribution in [0.1, 0.15) is 74.7 Å². The smallest absolute Gasteiger partial charge is 0.256 e. The van der Waals surface area contributed by atoms with Crippen molar-refractivity contribution < 1.29 is 9.59 Å². The maximum absolute atomic E-state index is 13.5. The van der Waals surface area contributed by atoms with Crippen molar-refractivity contribution in [1.82, 2.24) is 4.90 Å². The number of nitrogens with zero attached hydrogens (tertiary/aromatic N) is 2. The Balaban J connectivity index is 1.42. The molecule has 36 heavy (non-hydrogen) atoms. The molecule has 1 saturated carbocycles. The molecule has 3 aromatic rings. The molecule has 1 fully saturated rings. The van der Waals surface area contributed by atoms with Gasteiger partial charge >= 0.3 is 0 Å². The van der Waals surface area contributed by atoms with Crippen LogP contribution in [0.2, 0.25) is 0 Å². The molecule has 0 radical (unpaired) electrons. The van der Waals surface area contributed by atoms with Gasteiger partial charge in [-0.15, -0.1) is 0 Å². The highest BCUT2D eigenvalue weighted by Gasteiger charge is 2.49. The maximum atomic E-state index is 13.5. The van der Waals surface area contributed by atoms with E-state index in [9.17, 15) is 9.59 Å². The van der Waals surface area contributed by atoms with Crippen molar-refractivity contribution in [3.8, 4) is 22.3 Å². The number of amidine groups is 1. The van der Waals surface area contributed by atoms with Gasteiger partial charge in [-0.25, -0.2) is 0 Å². The number of Topliss-reactive ketones (excluding diaryl/α,β-unsaturated/α-hetero) is 1. The lowest BCUT2D eigenvalue weighted by molar-refractivity contribution is -0.131. The molecular weight excluding hydrogens is 444 g/mol. The molecule has 0 aromatic heterocycles. The van der Waals surface area contributed by atoms with Crippen LogP contribution >= 0.6 is 0 Å². The summed E-state index contributed by atoms with van der Waals surface area (Å²) in [5.74, 6) is 1.20. The van der Waals surface area contributed by atoms with Gasteiger partial charge in [0.05, 0.1) is 6.54 Å². The molecule has 0 atom stereocenters. The van der Waals surface area contributed by atoms with Crippen molar-refractivity contribution >= 4 is 17.5 Å². The van der Waals surface area contributed by atoms with Gasteiger partial charge in [0.1, 0.15) is 11.4 Å². The maximum Gasteiger partial charge on any atom is 0.256 e. The number of amides is 1. The Morgan fingerprint density at radius 2 is 1.61 bits per heavy atom.